The number of hydrogen-bond donors (Lipinski definition) is 0. The number of methoxy groups -OCH3 is 3. The molecule has 0 fully saturated rings. The Morgan fingerprint density at radius 1 is 1.14 bits per heavy atom. The van der Waals surface area contributed by atoms with E-state index < -0.39 is 5.56 Å². The fourth-order valence-electron chi connectivity index (χ4n) is 1.86. The van der Waals surface area contributed by atoms with Crippen LogP contribution >= 0.6 is 11.6 Å². The first-order valence-electron chi connectivity index (χ1n) is 5.97. The first kappa shape index (κ1) is 15.1. The molecule has 0 aliphatic heterocycles. The van der Waals surface area contributed by atoms with E-state index in [9.17, 15) is 4.79 Å². The molecule has 0 N–H and O–H groups in total. The van der Waals surface area contributed by atoms with Crippen molar-refractivity contribution < 1.29 is 14.2 Å². The lowest BCUT2D eigenvalue weighted by molar-refractivity contribution is 0.348. The van der Waals surface area contributed by atoms with E-state index >= 15 is 0 Å². The third-order valence-corrected chi connectivity index (χ3v) is 3.11. The van der Waals surface area contributed by atoms with Crippen LogP contribution in [0, 0.1) is 0 Å². The van der Waals surface area contributed by atoms with Crippen molar-refractivity contribution in [2.45, 2.75) is 6.54 Å². The van der Waals surface area contributed by atoms with Crippen molar-refractivity contribution in [1.82, 2.24) is 14.5 Å². The summed E-state index contributed by atoms with van der Waals surface area (Å²) < 4.78 is 16.8. The molecule has 2 rings (SSSR count). The first-order chi connectivity index (χ1) is 10.1. The molecule has 7 nitrogen and oxygen atoms in total. The van der Waals surface area contributed by atoms with Gasteiger partial charge >= 0.3 is 0 Å². The minimum atomic E-state index is -0.399. The number of halogens is 1. The van der Waals surface area contributed by atoms with Crippen molar-refractivity contribution in [2.75, 3.05) is 21.3 Å². The van der Waals surface area contributed by atoms with E-state index in [2.05, 4.69) is 9.97 Å². The second-order valence-electron chi connectivity index (χ2n) is 3.99. The topological polar surface area (TPSA) is 75.5 Å². The third kappa shape index (κ3) is 2.92. The summed E-state index contributed by atoms with van der Waals surface area (Å²) in [5.74, 6) is 0.978. The molecule has 112 valence electrons. The van der Waals surface area contributed by atoms with Crippen molar-refractivity contribution in [3.05, 3.63) is 39.8 Å². The Morgan fingerprint density at radius 3 is 2.48 bits per heavy atom. The highest BCUT2D eigenvalue weighted by atomic mass is 35.5. The molecular weight excluding hydrogens is 298 g/mol. The molecule has 0 spiro atoms. The van der Waals surface area contributed by atoms with Gasteiger partial charge in [-0.05, 0) is 0 Å². The fraction of sp³-hybridized carbons (Fsp3) is 0.308. The summed E-state index contributed by atoms with van der Waals surface area (Å²) in [6.45, 7) is 0.153. The molecule has 21 heavy (non-hydrogen) atoms. The van der Waals surface area contributed by atoms with Crippen LogP contribution in [0.1, 0.15) is 5.69 Å². The molecule has 0 amide bonds. The van der Waals surface area contributed by atoms with E-state index in [-0.39, 0.29) is 17.4 Å². The minimum absolute atomic E-state index is 0.0129. The van der Waals surface area contributed by atoms with Crippen LogP contribution < -0.4 is 19.8 Å². The molecule has 2 aromatic heterocycles. The molecule has 0 saturated heterocycles. The van der Waals surface area contributed by atoms with Gasteiger partial charge in [0.05, 0.1) is 34.2 Å². The fourth-order valence-corrected chi connectivity index (χ4v) is 2.06. The predicted octanol–water partition coefficient (Wildman–Crippen LogP) is 1.37. The first-order valence-corrected chi connectivity index (χ1v) is 6.35. The van der Waals surface area contributed by atoms with Crippen LogP contribution in [0.25, 0.3) is 0 Å². The van der Waals surface area contributed by atoms with Gasteiger partial charge in [0.2, 0.25) is 5.75 Å². The van der Waals surface area contributed by atoms with Crippen molar-refractivity contribution in [3.8, 4) is 17.2 Å². The number of pyridine rings is 1. The summed E-state index contributed by atoms with van der Waals surface area (Å²) >= 11 is 5.80. The highest BCUT2D eigenvalue weighted by Crippen LogP contribution is 2.29. The molecule has 2 aromatic rings. The van der Waals surface area contributed by atoms with Crippen LogP contribution in [0.4, 0.5) is 0 Å². The minimum Gasteiger partial charge on any atom is -0.493 e. The predicted molar refractivity (Wildman–Crippen MR) is 76.5 cm³/mol. The van der Waals surface area contributed by atoms with Crippen molar-refractivity contribution in [2.24, 2.45) is 0 Å². The van der Waals surface area contributed by atoms with Crippen LogP contribution in [-0.4, -0.2) is 35.9 Å². The van der Waals surface area contributed by atoms with E-state index in [1.165, 1.54) is 32.2 Å². The Balaban J connectivity index is 2.46. The van der Waals surface area contributed by atoms with Crippen LogP contribution in [0.3, 0.4) is 0 Å². The summed E-state index contributed by atoms with van der Waals surface area (Å²) in [4.78, 5) is 20.3. The highest BCUT2D eigenvalue weighted by molar-refractivity contribution is 6.30. The summed E-state index contributed by atoms with van der Waals surface area (Å²) in [6.07, 6.45) is 2.90. The van der Waals surface area contributed by atoms with E-state index in [0.29, 0.717) is 17.2 Å². The Hall–Kier alpha value is -2.28. The van der Waals surface area contributed by atoms with Gasteiger partial charge in [-0.3, -0.25) is 14.3 Å². The maximum absolute atomic E-state index is 12.2. The lowest BCUT2D eigenvalue weighted by atomic mass is 10.3. The third-order valence-electron chi connectivity index (χ3n) is 2.84. The molecule has 0 bridgehead atoms. The second kappa shape index (κ2) is 6.45. The lowest BCUT2D eigenvalue weighted by Crippen LogP contribution is -2.23. The zero-order valence-corrected chi connectivity index (χ0v) is 12.5. The van der Waals surface area contributed by atoms with E-state index in [0.717, 1.165) is 0 Å². The van der Waals surface area contributed by atoms with Gasteiger partial charge in [0.1, 0.15) is 5.69 Å². The van der Waals surface area contributed by atoms with Gasteiger partial charge in [-0.2, -0.15) is 0 Å². The molecule has 8 heteroatoms. The van der Waals surface area contributed by atoms with E-state index in [1.807, 2.05) is 0 Å². The molecule has 0 aliphatic rings. The molecule has 0 radical (unpaired) electrons. The second-order valence-corrected chi connectivity index (χ2v) is 4.35. The smallest absolute Gasteiger partial charge is 0.297 e. The SMILES string of the molecule is COc1ccnc(Cn2cnc(Cl)c(OC)c2=O)c1OC. The molecule has 2 heterocycles. The average molecular weight is 312 g/mol. The summed E-state index contributed by atoms with van der Waals surface area (Å²) in [7, 11) is 4.40. The molecule has 0 aliphatic carbocycles. The normalized spacial score (nSPS) is 10.3. The summed E-state index contributed by atoms with van der Waals surface area (Å²) in [5.41, 5.74) is 0.134. The Labute approximate surface area is 126 Å². The van der Waals surface area contributed by atoms with Crippen molar-refractivity contribution in [3.63, 3.8) is 0 Å². The van der Waals surface area contributed by atoms with Gasteiger partial charge < -0.3 is 14.2 Å². The van der Waals surface area contributed by atoms with Gasteiger partial charge in [-0.25, -0.2) is 4.98 Å². The standard InChI is InChI=1S/C13H14ClN3O4/c1-19-9-4-5-15-8(10(9)20-2)6-17-7-16-12(14)11(21-3)13(17)18/h4-5,7H,6H2,1-3H3. The van der Waals surface area contributed by atoms with Crippen LogP contribution in [0.15, 0.2) is 23.4 Å². The van der Waals surface area contributed by atoms with Crippen LogP contribution in [0.5, 0.6) is 17.2 Å². The average Bonchev–Trinajstić information content (AvgIpc) is 2.50. The number of hydrogen-bond acceptors (Lipinski definition) is 6. The molecule has 0 aromatic carbocycles. The Morgan fingerprint density at radius 2 is 1.86 bits per heavy atom. The van der Waals surface area contributed by atoms with E-state index in [1.54, 1.807) is 12.3 Å². The number of rotatable bonds is 5. The maximum Gasteiger partial charge on any atom is 0.297 e. The van der Waals surface area contributed by atoms with Crippen molar-refractivity contribution in [1.29, 1.82) is 0 Å². The zero-order chi connectivity index (χ0) is 15.4. The van der Waals surface area contributed by atoms with Gasteiger partial charge in [-0.15, -0.1) is 0 Å². The Bertz CT molecular complexity index is 702. The molecule has 0 atom stereocenters. The Kier molecular flexibility index (Phi) is 4.64. The van der Waals surface area contributed by atoms with Crippen LogP contribution in [0.2, 0.25) is 5.15 Å². The van der Waals surface area contributed by atoms with Gasteiger partial charge in [0, 0.05) is 12.3 Å². The summed E-state index contributed by atoms with van der Waals surface area (Å²) in [6, 6.07) is 1.67. The quantitative estimate of drug-likeness (QED) is 0.776. The lowest BCUT2D eigenvalue weighted by Gasteiger charge is -2.13. The maximum atomic E-state index is 12.2. The highest BCUT2D eigenvalue weighted by Gasteiger charge is 2.15. The molecular formula is C13H14ClN3O4. The van der Waals surface area contributed by atoms with Gasteiger partial charge in [-0.1, -0.05) is 11.6 Å². The molecule has 0 saturated carbocycles. The summed E-state index contributed by atoms with van der Waals surface area (Å²) in [5, 5.41) is 0.0179. The monoisotopic (exact) mass is 311 g/mol. The molecule has 0 unspecified atom stereocenters. The van der Waals surface area contributed by atoms with Gasteiger partial charge in [0.15, 0.2) is 16.7 Å². The zero-order valence-electron chi connectivity index (χ0n) is 11.8. The number of aromatic nitrogens is 3. The van der Waals surface area contributed by atoms with Crippen molar-refractivity contribution >= 4 is 11.6 Å². The van der Waals surface area contributed by atoms with Crippen LogP contribution in [-0.2, 0) is 6.54 Å². The number of ether oxygens (including phenoxy) is 3. The van der Waals surface area contributed by atoms with E-state index in [4.69, 9.17) is 25.8 Å². The van der Waals surface area contributed by atoms with Gasteiger partial charge in [0.25, 0.3) is 5.56 Å². The number of nitrogens with zero attached hydrogens (tertiary/aromatic N) is 3. The largest absolute Gasteiger partial charge is 0.493 e.